The molecule has 3 atom stereocenters. The van der Waals surface area contributed by atoms with E-state index in [1.165, 1.54) is 17.2 Å². The zero-order valence-corrected chi connectivity index (χ0v) is 20.6. The predicted molar refractivity (Wildman–Crippen MR) is 130 cm³/mol. The molecule has 0 bridgehead atoms. The van der Waals surface area contributed by atoms with Gasteiger partial charge >= 0.3 is 0 Å². The summed E-state index contributed by atoms with van der Waals surface area (Å²) in [7, 11) is -1.41. The lowest BCUT2D eigenvalue weighted by molar-refractivity contribution is -0.241. The molecule has 1 heterocycles. The average molecular weight is 425 g/mol. The van der Waals surface area contributed by atoms with E-state index in [2.05, 4.69) is 94.5 Å². The van der Waals surface area contributed by atoms with Gasteiger partial charge in [-0.1, -0.05) is 94.5 Å². The highest BCUT2D eigenvalue weighted by Gasteiger charge is 2.40. The number of rotatable bonds is 8. The molecule has 1 aliphatic rings. The lowest BCUT2D eigenvalue weighted by Crippen LogP contribution is -2.46. The van der Waals surface area contributed by atoms with Crippen LogP contribution in [0.5, 0.6) is 0 Å². The Labute approximate surface area is 185 Å². The van der Waals surface area contributed by atoms with Crippen molar-refractivity contribution < 1.29 is 9.47 Å². The van der Waals surface area contributed by atoms with Crippen molar-refractivity contribution in [2.24, 2.45) is 0 Å². The Morgan fingerprint density at radius 3 is 1.80 bits per heavy atom. The highest BCUT2D eigenvalue weighted by Crippen LogP contribution is 2.41. The molecule has 0 amide bonds. The smallest absolute Gasteiger partial charge is 0.158 e. The van der Waals surface area contributed by atoms with Crippen molar-refractivity contribution in [3.63, 3.8) is 0 Å². The lowest BCUT2D eigenvalue weighted by Gasteiger charge is -2.43. The average Bonchev–Trinajstić information content (AvgIpc) is 2.71. The van der Waals surface area contributed by atoms with Gasteiger partial charge in [0.25, 0.3) is 0 Å². The third kappa shape index (κ3) is 6.80. The van der Waals surface area contributed by atoms with E-state index in [0.29, 0.717) is 11.1 Å². The molecular formula is C27H40O2Si. The Morgan fingerprint density at radius 2 is 1.27 bits per heavy atom. The first-order chi connectivity index (χ1) is 14.2. The van der Waals surface area contributed by atoms with Crippen molar-refractivity contribution in [3.05, 3.63) is 71.8 Å². The summed E-state index contributed by atoms with van der Waals surface area (Å²) < 4.78 is 13.0. The van der Waals surface area contributed by atoms with E-state index in [1.54, 1.807) is 0 Å². The minimum absolute atomic E-state index is 0.0884. The molecule has 0 radical (unpaired) electrons. The van der Waals surface area contributed by atoms with E-state index < -0.39 is 8.07 Å². The van der Waals surface area contributed by atoms with Crippen LogP contribution in [0, 0.1) is 0 Å². The van der Waals surface area contributed by atoms with Gasteiger partial charge in [0.2, 0.25) is 0 Å². The second-order valence-electron chi connectivity index (χ2n) is 10.6. The van der Waals surface area contributed by atoms with Gasteiger partial charge in [0.05, 0.1) is 20.3 Å². The monoisotopic (exact) mass is 424 g/mol. The summed E-state index contributed by atoms with van der Waals surface area (Å²) in [5, 5.41) is 0.383. The van der Waals surface area contributed by atoms with Crippen LogP contribution >= 0.6 is 0 Å². The number of hydrogen-bond acceptors (Lipinski definition) is 2. The van der Waals surface area contributed by atoms with E-state index in [0.717, 1.165) is 32.1 Å². The highest BCUT2D eigenvalue weighted by atomic mass is 28.3. The third-order valence-corrected chi connectivity index (χ3v) is 12.6. The molecule has 0 N–H and O–H groups in total. The Bertz CT molecular complexity index is 700. The van der Waals surface area contributed by atoms with Crippen LogP contribution in [0.3, 0.4) is 0 Å². The van der Waals surface area contributed by atoms with Crippen molar-refractivity contribution in [3.8, 4) is 0 Å². The minimum Gasteiger partial charge on any atom is -0.350 e. The summed E-state index contributed by atoms with van der Waals surface area (Å²) in [6.45, 7) is 12.2. The zero-order chi connectivity index (χ0) is 21.6. The fraction of sp³-hybridized carbons (Fsp3) is 0.556. The maximum absolute atomic E-state index is 6.53. The maximum Gasteiger partial charge on any atom is 0.158 e. The van der Waals surface area contributed by atoms with Gasteiger partial charge in [-0.2, -0.15) is 0 Å². The van der Waals surface area contributed by atoms with Crippen molar-refractivity contribution in [2.75, 3.05) is 0 Å². The van der Waals surface area contributed by atoms with Gasteiger partial charge in [-0.25, -0.2) is 0 Å². The van der Waals surface area contributed by atoms with Crippen molar-refractivity contribution in [1.29, 1.82) is 0 Å². The molecule has 2 aromatic rings. The largest absolute Gasteiger partial charge is 0.350 e. The predicted octanol–water partition coefficient (Wildman–Crippen LogP) is 7.26. The van der Waals surface area contributed by atoms with Gasteiger partial charge in [-0.15, -0.1) is 0 Å². The second-order valence-corrected chi connectivity index (χ2v) is 16.2. The molecule has 1 fully saturated rings. The molecule has 164 valence electrons. The zero-order valence-electron chi connectivity index (χ0n) is 19.6. The quantitative estimate of drug-likeness (QED) is 0.415. The Kier molecular flexibility index (Phi) is 7.95. The van der Waals surface area contributed by atoms with Crippen molar-refractivity contribution in [2.45, 2.75) is 95.5 Å². The summed E-state index contributed by atoms with van der Waals surface area (Å²) >= 11 is 0. The Balaban J connectivity index is 1.64. The molecule has 2 aromatic carbocycles. The van der Waals surface area contributed by atoms with Gasteiger partial charge in [0.1, 0.15) is 0 Å². The molecule has 0 aromatic heterocycles. The Hall–Kier alpha value is -1.42. The lowest BCUT2D eigenvalue weighted by atomic mass is 10.0. The summed E-state index contributed by atoms with van der Waals surface area (Å²) in [5.74, 6) is 0. The normalized spacial score (nSPS) is 22.8. The SMILES string of the molecule is CC(C)(C)[Si](C)(C)C[C@@H]1C[C@@H](CCc2ccccc2)O[C@H](CCc2ccccc2)O1. The number of benzene rings is 2. The van der Waals surface area contributed by atoms with Gasteiger partial charge in [-0.3, -0.25) is 0 Å². The molecular weight excluding hydrogens is 384 g/mol. The van der Waals surface area contributed by atoms with Crippen molar-refractivity contribution in [1.82, 2.24) is 0 Å². The van der Waals surface area contributed by atoms with Crippen LogP contribution in [0.2, 0.25) is 24.2 Å². The van der Waals surface area contributed by atoms with Crippen LogP contribution in [-0.2, 0) is 22.3 Å². The van der Waals surface area contributed by atoms with Crippen LogP contribution in [0.1, 0.15) is 51.2 Å². The molecule has 0 saturated carbocycles. The summed E-state index contributed by atoms with van der Waals surface area (Å²) in [5.41, 5.74) is 2.76. The molecule has 0 aliphatic carbocycles. The topological polar surface area (TPSA) is 18.5 Å². The molecule has 1 aliphatic heterocycles. The Morgan fingerprint density at radius 1 is 0.767 bits per heavy atom. The minimum atomic E-state index is -1.41. The molecule has 2 nitrogen and oxygen atoms in total. The van der Waals surface area contributed by atoms with Crippen molar-refractivity contribution >= 4 is 8.07 Å². The van der Waals surface area contributed by atoms with Gasteiger partial charge < -0.3 is 9.47 Å². The molecule has 3 rings (SSSR count). The van der Waals surface area contributed by atoms with Crippen LogP contribution in [0.15, 0.2) is 60.7 Å². The van der Waals surface area contributed by atoms with Crippen LogP contribution in [-0.4, -0.2) is 26.6 Å². The first-order valence-electron chi connectivity index (χ1n) is 11.6. The van der Waals surface area contributed by atoms with Gasteiger partial charge in [0.15, 0.2) is 6.29 Å². The molecule has 0 unspecified atom stereocenters. The van der Waals surface area contributed by atoms with Crippen LogP contribution < -0.4 is 0 Å². The second kappa shape index (κ2) is 10.3. The first-order valence-corrected chi connectivity index (χ1v) is 14.8. The first kappa shape index (κ1) is 23.2. The molecule has 3 heteroatoms. The van der Waals surface area contributed by atoms with E-state index >= 15 is 0 Å². The third-order valence-electron chi connectivity index (χ3n) is 7.09. The summed E-state index contributed by atoms with van der Waals surface area (Å²) in [6, 6.07) is 22.7. The van der Waals surface area contributed by atoms with Crippen LogP contribution in [0.25, 0.3) is 0 Å². The molecule has 30 heavy (non-hydrogen) atoms. The number of hydrogen-bond donors (Lipinski definition) is 0. The van der Waals surface area contributed by atoms with E-state index in [9.17, 15) is 0 Å². The fourth-order valence-corrected chi connectivity index (χ4v) is 6.11. The van der Waals surface area contributed by atoms with Gasteiger partial charge in [-0.05, 0) is 47.9 Å². The maximum atomic E-state index is 6.53. The number of ether oxygens (including phenoxy) is 2. The van der Waals surface area contributed by atoms with Crippen LogP contribution in [0.4, 0.5) is 0 Å². The summed E-state index contributed by atoms with van der Waals surface area (Å²) in [4.78, 5) is 0. The molecule has 1 saturated heterocycles. The van der Waals surface area contributed by atoms with Gasteiger partial charge in [0, 0.05) is 6.42 Å². The van der Waals surface area contributed by atoms with E-state index in [4.69, 9.17) is 9.47 Å². The number of aryl methyl sites for hydroxylation is 2. The highest BCUT2D eigenvalue weighted by molar-refractivity contribution is 6.80. The fourth-order valence-electron chi connectivity index (χ4n) is 4.10. The molecule has 0 spiro atoms. The standard InChI is InChI=1S/C27H40O2Si/c1-27(2,3)30(4,5)21-25-20-24(18-16-22-12-8-6-9-13-22)28-26(29-25)19-17-23-14-10-7-11-15-23/h6-15,24-26H,16-21H2,1-5H3/t24-,25+,26+/m1/s1. The van der Waals surface area contributed by atoms with E-state index in [1.807, 2.05) is 0 Å². The summed E-state index contributed by atoms with van der Waals surface area (Å²) in [6.07, 6.45) is 5.63. The van der Waals surface area contributed by atoms with E-state index in [-0.39, 0.29) is 12.4 Å².